The van der Waals surface area contributed by atoms with E-state index in [1.807, 2.05) is 0 Å². The van der Waals surface area contributed by atoms with Gasteiger partial charge in [0, 0.05) is 0 Å². The number of fused-ring (bicyclic) bond motifs is 1. The largest absolute Gasteiger partial charge is 0.506 e. The summed E-state index contributed by atoms with van der Waals surface area (Å²) in [6.45, 7) is 1.44. The molecular formula is C11H11ClO2. The maximum absolute atomic E-state index is 11.2. The van der Waals surface area contributed by atoms with Gasteiger partial charge >= 0.3 is 0 Å². The normalized spacial score (nSPS) is 14.1. The molecule has 0 saturated heterocycles. The van der Waals surface area contributed by atoms with Gasteiger partial charge in [0.25, 0.3) is 0 Å². The van der Waals surface area contributed by atoms with Gasteiger partial charge in [-0.05, 0) is 43.4 Å². The van der Waals surface area contributed by atoms with Gasteiger partial charge in [-0.3, -0.25) is 4.79 Å². The van der Waals surface area contributed by atoms with Crippen LogP contribution in [0.15, 0.2) is 6.07 Å². The number of hydrogen-bond acceptors (Lipinski definition) is 2. The van der Waals surface area contributed by atoms with E-state index in [-0.39, 0.29) is 11.5 Å². The third kappa shape index (κ3) is 1.30. The van der Waals surface area contributed by atoms with Crippen LogP contribution in [0, 0.1) is 0 Å². The molecule has 2 nitrogen and oxygen atoms in total. The number of phenols is 1. The van der Waals surface area contributed by atoms with E-state index in [9.17, 15) is 9.90 Å². The fourth-order valence-electron chi connectivity index (χ4n) is 1.95. The van der Waals surface area contributed by atoms with Crippen molar-refractivity contribution in [1.82, 2.24) is 0 Å². The van der Waals surface area contributed by atoms with Crippen molar-refractivity contribution in [2.75, 3.05) is 0 Å². The first-order valence-corrected chi connectivity index (χ1v) is 5.03. The summed E-state index contributed by atoms with van der Waals surface area (Å²) >= 11 is 5.99. The zero-order valence-corrected chi connectivity index (χ0v) is 8.69. The van der Waals surface area contributed by atoms with Gasteiger partial charge in [0.2, 0.25) is 0 Å². The van der Waals surface area contributed by atoms with Gasteiger partial charge in [0.1, 0.15) is 5.75 Å². The van der Waals surface area contributed by atoms with Crippen LogP contribution in [0.3, 0.4) is 0 Å². The van der Waals surface area contributed by atoms with E-state index in [1.165, 1.54) is 6.92 Å². The number of carbonyl (C=O) groups excluding carboxylic acids is 1. The Bertz CT molecular complexity index is 410. The summed E-state index contributed by atoms with van der Waals surface area (Å²) in [5, 5.41) is 10.0. The van der Waals surface area contributed by atoms with Crippen LogP contribution >= 0.6 is 11.6 Å². The molecule has 0 saturated carbocycles. The van der Waals surface area contributed by atoms with Crippen molar-refractivity contribution >= 4 is 17.4 Å². The van der Waals surface area contributed by atoms with Crippen LogP contribution < -0.4 is 0 Å². The third-order valence-corrected chi connectivity index (χ3v) is 3.09. The van der Waals surface area contributed by atoms with E-state index >= 15 is 0 Å². The number of rotatable bonds is 1. The average Bonchev–Trinajstić information content (AvgIpc) is 2.58. The second kappa shape index (κ2) is 3.28. The number of hydrogen-bond donors (Lipinski definition) is 1. The molecule has 1 aliphatic carbocycles. The summed E-state index contributed by atoms with van der Waals surface area (Å²) in [6.07, 6.45) is 2.91. The highest BCUT2D eigenvalue weighted by molar-refractivity contribution is 6.33. The van der Waals surface area contributed by atoms with Crippen LogP contribution in [-0.2, 0) is 12.8 Å². The summed E-state index contributed by atoms with van der Waals surface area (Å²) in [5.74, 6) is -0.195. The zero-order valence-electron chi connectivity index (χ0n) is 7.93. The molecule has 2 rings (SSSR count). The molecule has 0 heterocycles. The predicted octanol–water partition coefficient (Wildman–Crippen LogP) is 2.74. The summed E-state index contributed by atoms with van der Waals surface area (Å²) in [5.41, 5.74) is 2.46. The standard InChI is InChI=1S/C11H11ClO2/c1-6(13)9-5-7-3-2-4-8(7)10(12)11(9)14/h5,14H,2-4H2,1H3. The number of halogens is 1. The first-order chi connectivity index (χ1) is 6.61. The second-order valence-electron chi connectivity index (χ2n) is 3.63. The van der Waals surface area contributed by atoms with Crippen LogP contribution in [0.5, 0.6) is 5.75 Å². The molecule has 1 aliphatic rings. The highest BCUT2D eigenvalue weighted by Gasteiger charge is 2.21. The number of carbonyl (C=O) groups is 1. The molecule has 3 heteroatoms. The van der Waals surface area contributed by atoms with Crippen molar-refractivity contribution in [1.29, 1.82) is 0 Å². The van der Waals surface area contributed by atoms with Crippen molar-refractivity contribution in [3.63, 3.8) is 0 Å². The number of benzene rings is 1. The lowest BCUT2D eigenvalue weighted by atomic mass is 10.0. The smallest absolute Gasteiger partial charge is 0.163 e. The molecular weight excluding hydrogens is 200 g/mol. The summed E-state index contributed by atoms with van der Waals surface area (Å²) in [7, 11) is 0. The Morgan fingerprint density at radius 1 is 1.50 bits per heavy atom. The van der Waals surface area contributed by atoms with E-state index in [1.54, 1.807) is 6.07 Å². The van der Waals surface area contributed by atoms with Crippen molar-refractivity contribution < 1.29 is 9.90 Å². The SMILES string of the molecule is CC(=O)c1cc2c(c(Cl)c1O)CCC2. The third-order valence-electron chi connectivity index (χ3n) is 2.69. The molecule has 0 atom stereocenters. The lowest BCUT2D eigenvalue weighted by Gasteiger charge is -2.08. The summed E-state index contributed by atoms with van der Waals surface area (Å²) < 4.78 is 0. The molecule has 14 heavy (non-hydrogen) atoms. The molecule has 74 valence electrons. The topological polar surface area (TPSA) is 37.3 Å². The van der Waals surface area contributed by atoms with Crippen LogP contribution in [0.25, 0.3) is 0 Å². The number of aromatic hydroxyl groups is 1. The maximum Gasteiger partial charge on any atom is 0.163 e. The molecule has 0 radical (unpaired) electrons. The van der Waals surface area contributed by atoms with Gasteiger partial charge in [0.05, 0.1) is 10.6 Å². The first kappa shape index (κ1) is 9.53. The molecule has 0 bridgehead atoms. The summed E-state index contributed by atoms with van der Waals surface area (Å²) in [4.78, 5) is 11.2. The Morgan fingerprint density at radius 3 is 2.86 bits per heavy atom. The molecule has 0 spiro atoms. The first-order valence-electron chi connectivity index (χ1n) is 4.65. The second-order valence-corrected chi connectivity index (χ2v) is 4.01. The Morgan fingerprint density at radius 2 is 2.21 bits per heavy atom. The van der Waals surface area contributed by atoms with Gasteiger partial charge in [-0.2, -0.15) is 0 Å². The van der Waals surface area contributed by atoms with Gasteiger partial charge < -0.3 is 5.11 Å². The highest BCUT2D eigenvalue weighted by Crippen LogP contribution is 2.38. The minimum atomic E-state index is -0.140. The van der Waals surface area contributed by atoms with Crippen LogP contribution in [0.2, 0.25) is 5.02 Å². The quantitative estimate of drug-likeness (QED) is 0.724. The highest BCUT2D eigenvalue weighted by atomic mass is 35.5. The maximum atomic E-state index is 11.2. The van der Waals surface area contributed by atoms with E-state index < -0.39 is 0 Å². The monoisotopic (exact) mass is 210 g/mol. The lowest BCUT2D eigenvalue weighted by molar-refractivity contribution is 0.101. The summed E-state index contributed by atoms with van der Waals surface area (Å²) in [6, 6.07) is 1.77. The molecule has 0 unspecified atom stereocenters. The fourth-order valence-corrected chi connectivity index (χ4v) is 2.27. The minimum Gasteiger partial charge on any atom is -0.506 e. The average molecular weight is 211 g/mol. The van der Waals surface area contributed by atoms with E-state index in [4.69, 9.17) is 11.6 Å². The predicted molar refractivity (Wildman–Crippen MR) is 55.1 cm³/mol. The van der Waals surface area contributed by atoms with Crippen molar-refractivity contribution in [2.45, 2.75) is 26.2 Å². The number of Topliss-reactive ketones (excluding diaryl/α,β-unsaturated/α-hetero) is 1. The van der Waals surface area contributed by atoms with Gasteiger partial charge in [-0.25, -0.2) is 0 Å². The molecule has 0 aromatic heterocycles. The molecule has 1 aromatic rings. The fraction of sp³-hybridized carbons (Fsp3) is 0.364. The Hall–Kier alpha value is -1.02. The Kier molecular flexibility index (Phi) is 2.23. The molecule has 1 aromatic carbocycles. The number of phenolic OH excluding ortho intramolecular Hbond substituents is 1. The van der Waals surface area contributed by atoms with E-state index in [0.717, 1.165) is 30.4 Å². The molecule has 0 fully saturated rings. The van der Waals surface area contributed by atoms with Crippen molar-refractivity contribution in [3.05, 3.63) is 27.8 Å². The number of ketones is 1. The van der Waals surface area contributed by atoms with Gasteiger partial charge in [-0.15, -0.1) is 0 Å². The molecule has 0 aliphatic heterocycles. The van der Waals surface area contributed by atoms with E-state index in [2.05, 4.69) is 0 Å². The van der Waals surface area contributed by atoms with Crippen LogP contribution in [0.1, 0.15) is 34.8 Å². The Balaban J connectivity index is 2.67. The van der Waals surface area contributed by atoms with Crippen molar-refractivity contribution in [2.24, 2.45) is 0 Å². The lowest BCUT2D eigenvalue weighted by Crippen LogP contribution is -1.97. The van der Waals surface area contributed by atoms with Crippen LogP contribution in [0.4, 0.5) is 0 Å². The minimum absolute atomic E-state index is 0.0557. The van der Waals surface area contributed by atoms with Gasteiger partial charge in [-0.1, -0.05) is 11.6 Å². The zero-order chi connectivity index (χ0) is 10.3. The van der Waals surface area contributed by atoms with Crippen molar-refractivity contribution in [3.8, 4) is 5.75 Å². The number of aryl methyl sites for hydroxylation is 1. The van der Waals surface area contributed by atoms with Crippen LogP contribution in [-0.4, -0.2) is 10.9 Å². The Labute approximate surface area is 87.5 Å². The van der Waals surface area contributed by atoms with E-state index in [0.29, 0.717) is 10.6 Å². The van der Waals surface area contributed by atoms with Gasteiger partial charge in [0.15, 0.2) is 5.78 Å². The molecule has 1 N–H and O–H groups in total. The molecule has 0 amide bonds.